The summed E-state index contributed by atoms with van der Waals surface area (Å²) in [6.07, 6.45) is 0.974. The minimum absolute atomic E-state index is 0.0658. The molecule has 0 unspecified atom stereocenters. The van der Waals surface area contributed by atoms with Crippen LogP contribution in [0, 0.1) is 5.92 Å². The highest BCUT2D eigenvalue weighted by atomic mass is 32.2. The van der Waals surface area contributed by atoms with E-state index in [1.165, 1.54) is 0 Å². The van der Waals surface area contributed by atoms with Gasteiger partial charge in [0.1, 0.15) is 11.6 Å². The van der Waals surface area contributed by atoms with E-state index in [0.717, 1.165) is 17.7 Å². The topological polar surface area (TPSA) is 101 Å². The molecule has 0 aromatic rings. The Morgan fingerprint density at radius 2 is 1.86 bits per heavy atom. The Morgan fingerprint density at radius 1 is 1.27 bits per heavy atom. The van der Waals surface area contributed by atoms with Gasteiger partial charge in [0, 0.05) is 6.54 Å². The molecule has 1 aliphatic carbocycles. The van der Waals surface area contributed by atoms with Gasteiger partial charge in [-0.25, -0.2) is 18.0 Å². The number of hydrogen-bond acceptors (Lipinski definition) is 5. The molecule has 2 atom stereocenters. The van der Waals surface area contributed by atoms with Crippen LogP contribution in [-0.4, -0.2) is 59.7 Å². The maximum Gasteiger partial charge on any atom is 0.411 e. The molecule has 2 rings (SSSR count). The summed E-state index contributed by atoms with van der Waals surface area (Å²) in [5, 5.41) is 8.45. The molecular weight excluding hydrogens is 310 g/mol. The molecule has 1 N–H and O–H groups in total. The fraction of sp³-hybridized carbons (Fsp3) is 0.857. The molecule has 0 bridgehead atoms. The molecule has 1 aliphatic heterocycles. The Morgan fingerprint density at radius 3 is 2.32 bits per heavy atom. The number of aliphatic carboxylic acids is 1. The number of sulfone groups is 1. The van der Waals surface area contributed by atoms with Gasteiger partial charge in [0.25, 0.3) is 0 Å². The van der Waals surface area contributed by atoms with E-state index in [1.54, 1.807) is 20.8 Å². The summed E-state index contributed by atoms with van der Waals surface area (Å²) in [6, 6.07) is -1.14. The molecule has 126 valence electrons. The maximum atomic E-state index is 12.3. The van der Waals surface area contributed by atoms with Crippen molar-refractivity contribution in [1.29, 1.82) is 0 Å². The summed E-state index contributed by atoms with van der Waals surface area (Å²) in [5.74, 6) is -0.912. The SMILES string of the molecule is CC(C)(C)OC(=O)N1C[C@H](S(=O)(=O)CC2CC2)C[C@H]1C(=O)O. The molecule has 8 heteroatoms. The first-order valence-corrected chi connectivity index (χ1v) is 9.15. The Bertz CT molecular complexity index is 560. The largest absolute Gasteiger partial charge is 0.480 e. The van der Waals surface area contributed by atoms with Gasteiger partial charge in [-0.05, 0) is 46.0 Å². The summed E-state index contributed by atoms with van der Waals surface area (Å²) in [6.45, 7) is 4.93. The number of carbonyl (C=O) groups is 2. The van der Waals surface area contributed by atoms with E-state index in [-0.39, 0.29) is 24.6 Å². The highest BCUT2D eigenvalue weighted by molar-refractivity contribution is 7.92. The second-order valence-corrected chi connectivity index (χ2v) is 9.44. The van der Waals surface area contributed by atoms with E-state index >= 15 is 0 Å². The van der Waals surface area contributed by atoms with Crippen LogP contribution >= 0.6 is 0 Å². The third-order valence-electron chi connectivity index (χ3n) is 3.85. The summed E-state index contributed by atoms with van der Waals surface area (Å²) in [7, 11) is -3.39. The molecular formula is C14H23NO6S. The van der Waals surface area contributed by atoms with Crippen LogP contribution in [0.5, 0.6) is 0 Å². The highest BCUT2D eigenvalue weighted by Crippen LogP contribution is 2.34. The monoisotopic (exact) mass is 333 g/mol. The lowest BCUT2D eigenvalue weighted by Crippen LogP contribution is -2.43. The summed E-state index contributed by atoms with van der Waals surface area (Å²) < 4.78 is 29.9. The van der Waals surface area contributed by atoms with Gasteiger partial charge in [0.2, 0.25) is 0 Å². The molecule has 0 radical (unpaired) electrons. The van der Waals surface area contributed by atoms with Crippen LogP contribution < -0.4 is 0 Å². The Hall–Kier alpha value is -1.31. The standard InChI is InChI=1S/C14H23NO6S/c1-14(2,3)21-13(18)15-7-10(6-11(15)12(16)17)22(19,20)8-9-4-5-9/h9-11H,4-8H2,1-3H3,(H,16,17)/t10-,11+/m1/s1. The Kier molecular flexibility index (Phi) is 4.43. The second-order valence-electron chi connectivity index (χ2n) is 7.12. The van der Waals surface area contributed by atoms with Crippen molar-refractivity contribution >= 4 is 21.9 Å². The molecule has 2 fully saturated rings. The lowest BCUT2D eigenvalue weighted by atomic mass is 10.2. The molecule has 0 spiro atoms. The zero-order chi connectivity index (χ0) is 16.7. The molecule has 1 saturated heterocycles. The molecule has 1 amide bonds. The van der Waals surface area contributed by atoms with Crippen LogP contribution in [0.3, 0.4) is 0 Å². The third-order valence-corrected chi connectivity index (χ3v) is 6.14. The molecule has 0 aromatic heterocycles. The first kappa shape index (κ1) is 17.1. The fourth-order valence-corrected chi connectivity index (χ4v) is 4.69. The zero-order valence-corrected chi connectivity index (χ0v) is 13.9. The second kappa shape index (κ2) is 5.72. The van der Waals surface area contributed by atoms with Crippen molar-refractivity contribution in [3.05, 3.63) is 0 Å². The van der Waals surface area contributed by atoms with Gasteiger partial charge in [-0.15, -0.1) is 0 Å². The van der Waals surface area contributed by atoms with Crippen LogP contribution in [-0.2, 0) is 19.4 Å². The van der Waals surface area contributed by atoms with Crippen LogP contribution in [0.2, 0.25) is 0 Å². The number of amides is 1. The molecule has 22 heavy (non-hydrogen) atoms. The van der Waals surface area contributed by atoms with E-state index < -0.39 is 38.8 Å². The molecule has 1 saturated carbocycles. The molecule has 7 nitrogen and oxygen atoms in total. The summed E-state index contributed by atoms with van der Waals surface area (Å²) in [5.41, 5.74) is -0.759. The lowest BCUT2D eigenvalue weighted by Gasteiger charge is -2.26. The summed E-state index contributed by atoms with van der Waals surface area (Å²) in [4.78, 5) is 24.5. The quantitative estimate of drug-likeness (QED) is 0.831. The van der Waals surface area contributed by atoms with E-state index in [1.807, 2.05) is 0 Å². The van der Waals surface area contributed by atoms with Crippen molar-refractivity contribution in [2.45, 2.75) is 56.9 Å². The van der Waals surface area contributed by atoms with E-state index in [4.69, 9.17) is 4.74 Å². The Labute approximate surface area is 130 Å². The first-order chi connectivity index (χ1) is 9.99. The van der Waals surface area contributed by atoms with Crippen molar-refractivity contribution in [2.24, 2.45) is 5.92 Å². The number of carboxylic acid groups (broad SMARTS) is 1. The average molecular weight is 333 g/mol. The number of nitrogens with zero attached hydrogens (tertiary/aromatic N) is 1. The highest BCUT2D eigenvalue weighted by Gasteiger charge is 2.47. The van der Waals surface area contributed by atoms with E-state index in [9.17, 15) is 23.1 Å². The van der Waals surface area contributed by atoms with Gasteiger partial charge >= 0.3 is 12.1 Å². The zero-order valence-electron chi connectivity index (χ0n) is 13.1. The minimum Gasteiger partial charge on any atom is -0.480 e. The Balaban J connectivity index is 2.12. The number of carboxylic acids is 1. The van der Waals surface area contributed by atoms with Crippen molar-refractivity contribution in [2.75, 3.05) is 12.3 Å². The lowest BCUT2D eigenvalue weighted by molar-refractivity contribution is -0.142. The van der Waals surface area contributed by atoms with Gasteiger partial charge in [-0.3, -0.25) is 4.90 Å². The molecule has 2 aliphatic rings. The number of likely N-dealkylation sites (tertiary alicyclic amines) is 1. The smallest absolute Gasteiger partial charge is 0.411 e. The van der Waals surface area contributed by atoms with Crippen LogP contribution in [0.1, 0.15) is 40.0 Å². The van der Waals surface area contributed by atoms with Gasteiger partial charge in [0.15, 0.2) is 9.84 Å². The van der Waals surface area contributed by atoms with Crippen LogP contribution in [0.4, 0.5) is 4.79 Å². The van der Waals surface area contributed by atoms with Crippen molar-refractivity contribution in [3.8, 4) is 0 Å². The van der Waals surface area contributed by atoms with Gasteiger partial charge in [0.05, 0.1) is 11.0 Å². The number of hydrogen-bond donors (Lipinski definition) is 1. The first-order valence-electron chi connectivity index (χ1n) is 7.43. The predicted molar refractivity (Wildman–Crippen MR) is 79.3 cm³/mol. The third kappa shape index (κ3) is 4.12. The van der Waals surface area contributed by atoms with Crippen molar-refractivity contribution < 1.29 is 27.9 Å². The number of rotatable bonds is 4. The maximum absolute atomic E-state index is 12.3. The van der Waals surface area contributed by atoms with E-state index in [2.05, 4.69) is 0 Å². The number of carbonyl (C=O) groups excluding carboxylic acids is 1. The van der Waals surface area contributed by atoms with E-state index in [0.29, 0.717) is 0 Å². The predicted octanol–water partition coefficient (Wildman–Crippen LogP) is 1.27. The van der Waals surface area contributed by atoms with Gasteiger partial charge in [-0.1, -0.05) is 0 Å². The van der Waals surface area contributed by atoms with Crippen molar-refractivity contribution in [1.82, 2.24) is 4.90 Å². The van der Waals surface area contributed by atoms with Crippen LogP contribution in [0.25, 0.3) is 0 Å². The van der Waals surface area contributed by atoms with Gasteiger partial charge in [-0.2, -0.15) is 0 Å². The normalized spacial score (nSPS) is 26.0. The summed E-state index contributed by atoms with van der Waals surface area (Å²) >= 11 is 0. The fourth-order valence-electron chi connectivity index (χ4n) is 2.56. The van der Waals surface area contributed by atoms with Gasteiger partial charge < -0.3 is 9.84 Å². The van der Waals surface area contributed by atoms with Crippen LogP contribution in [0.15, 0.2) is 0 Å². The molecule has 1 heterocycles. The average Bonchev–Trinajstić information content (AvgIpc) is 3.00. The van der Waals surface area contributed by atoms with Crippen molar-refractivity contribution in [3.63, 3.8) is 0 Å². The number of ether oxygens (including phenoxy) is 1. The minimum atomic E-state index is -3.39. The molecule has 0 aromatic carbocycles.